The molecular formula is C21H23N3O2. The molecule has 134 valence electrons. The molecule has 0 aliphatic carbocycles. The van der Waals surface area contributed by atoms with Gasteiger partial charge in [-0.25, -0.2) is 0 Å². The topological polar surface area (TPSA) is 62.3 Å². The predicted octanol–water partition coefficient (Wildman–Crippen LogP) is 2.90. The Morgan fingerprint density at radius 3 is 2.85 bits per heavy atom. The van der Waals surface area contributed by atoms with Gasteiger partial charge >= 0.3 is 0 Å². The quantitative estimate of drug-likeness (QED) is 0.844. The molecule has 0 bridgehead atoms. The summed E-state index contributed by atoms with van der Waals surface area (Å²) in [5.74, 6) is 0.136. The van der Waals surface area contributed by atoms with Crippen LogP contribution in [0.25, 0.3) is 0 Å². The smallest absolute Gasteiger partial charge is 0.253 e. The molecule has 3 rings (SSSR count). The molecule has 2 heterocycles. The van der Waals surface area contributed by atoms with E-state index in [1.165, 1.54) is 11.6 Å². The first-order valence-electron chi connectivity index (χ1n) is 8.87. The highest BCUT2D eigenvalue weighted by molar-refractivity contribution is 5.94. The van der Waals surface area contributed by atoms with Crippen LogP contribution < -0.4 is 5.32 Å². The first-order chi connectivity index (χ1) is 12.7. The number of hydrogen-bond donors (Lipinski definition) is 1. The number of hydrogen-bond acceptors (Lipinski definition) is 3. The second-order valence-electron chi connectivity index (χ2n) is 6.46. The van der Waals surface area contributed by atoms with E-state index in [2.05, 4.69) is 29.0 Å². The zero-order valence-corrected chi connectivity index (χ0v) is 14.7. The Bertz CT molecular complexity index is 789. The van der Waals surface area contributed by atoms with Crippen molar-refractivity contribution in [1.29, 1.82) is 0 Å². The average Bonchev–Trinajstić information content (AvgIpc) is 2.72. The lowest BCUT2D eigenvalue weighted by Crippen LogP contribution is -2.39. The van der Waals surface area contributed by atoms with Crippen LogP contribution in [0.4, 0.5) is 0 Å². The maximum absolute atomic E-state index is 12.9. The highest BCUT2D eigenvalue weighted by atomic mass is 16.2. The Morgan fingerprint density at radius 2 is 2.08 bits per heavy atom. The molecule has 1 unspecified atom stereocenters. The van der Waals surface area contributed by atoms with Crippen LogP contribution >= 0.6 is 0 Å². The van der Waals surface area contributed by atoms with E-state index in [1.807, 2.05) is 23.1 Å². The molecule has 1 N–H and O–H groups in total. The van der Waals surface area contributed by atoms with Crippen LogP contribution in [-0.4, -0.2) is 34.8 Å². The first kappa shape index (κ1) is 17.9. The third kappa shape index (κ3) is 4.36. The molecule has 1 saturated heterocycles. The number of amides is 2. The lowest BCUT2D eigenvalue weighted by atomic mass is 9.90. The molecule has 2 amide bonds. The van der Waals surface area contributed by atoms with E-state index in [4.69, 9.17) is 0 Å². The van der Waals surface area contributed by atoms with Gasteiger partial charge in [0.15, 0.2) is 0 Å². The van der Waals surface area contributed by atoms with Gasteiger partial charge < -0.3 is 10.2 Å². The highest BCUT2D eigenvalue weighted by Crippen LogP contribution is 2.27. The van der Waals surface area contributed by atoms with E-state index in [-0.39, 0.29) is 18.4 Å². The Kier molecular flexibility index (Phi) is 5.79. The molecule has 1 aliphatic heterocycles. The number of pyridine rings is 1. The summed E-state index contributed by atoms with van der Waals surface area (Å²) in [7, 11) is 0. The van der Waals surface area contributed by atoms with Crippen molar-refractivity contribution in [2.45, 2.75) is 25.3 Å². The van der Waals surface area contributed by atoms with Gasteiger partial charge in [-0.1, -0.05) is 36.9 Å². The van der Waals surface area contributed by atoms with Crippen LogP contribution in [0.1, 0.15) is 40.4 Å². The molecule has 0 saturated carbocycles. The Labute approximate surface area is 153 Å². The van der Waals surface area contributed by atoms with E-state index in [1.54, 1.807) is 18.3 Å². The number of aromatic nitrogens is 1. The van der Waals surface area contributed by atoms with Gasteiger partial charge in [-0.15, -0.1) is 0 Å². The monoisotopic (exact) mass is 349 g/mol. The molecule has 1 aliphatic rings. The zero-order chi connectivity index (χ0) is 18.4. The third-order valence-electron chi connectivity index (χ3n) is 4.67. The molecule has 5 nitrogen and oxygen atoms in total. The highest BCUT2D eigenvalue weighted by Gasteiger charge is 2.25. The lowest BCUT2D eigenvalue weighted by Gasteiger charge is -2.33. The Hall–Kier alpha value is -2.95. The summed E-state index contributed by atoms with van der Waals surface area (Å²) >= 11 is 0. The Morgan fingerprint density at radius 1 is 1.27 bits per heavy atom. The second kappa shape index (κ2) is 8.43. The molecule has 5 heteroatoms. The molecule has 2 aromatic rings. The van der Waals surface area contributed by atoms with Crippen molar-refractivity contribution in [2.75, 3.05) is 13.1 Å². The minimum Gasteiger partial charge on any atom is -0.347 e. The van der Waals surface area contributed by atoms with Crippen molar-refractivity contribution >= 4 is 11.8 Å². The van der Waals surface area contributed by atoms with Gasteiger partial charge in [0.1, 0.15) is 0 Å². The van der Waals surface area contributed by atoms with Gasteiger partial charge in [-0.2, -0.15) is 0 Å². The van der Waals surface area contributed by atoms with E-state index in [9.17, 15) is 9.59 Å². The van der Waals surface area contributed by atoms with Crippen molar-refractivity contribution < 1.29 is 9.59 Å². The van der Waals surface area contributed by atoms with Crippen LogP contribution in [0.5, 0.6) is 0 Å². The first-order valence-corrected chi connectivity index (χ1v) is 8.87. The maximum atomic E-state index is 12.9. The summed E-state index contributed by atoms with van der Waals surface area (Å²) in [5, 5.41) is 2.68. The van der Waals surface area contributed by atoms with Crippen molar-refractivity contribution in [1.82, 2.24) is 15.2 Å². The summed E-state index contributed by atoms with van der Waals surface area (Å²) in [6, 6.07) is 13.8. The summed E-state index contributed by atoms with van der Waals surface area (Å²) in [6.45, 7) is 5.20. The molecule has 26 heavy (non-hydrogen) atoms. The summed E-state index contributed by atoms with van der Waals surface area (Å²) in [4.78, 5) is 30.3. The fourth-order valence-electron chi connectivity index (χ4n) is 3.30. The molecule has 0 spiro atoms. The summed E-state index contributed by atoms with van der Waals surface area (Å²) in [6.07, 6.45) is 4.93. The number of carbonyl (C=O) groups excluding carboxylic acids is 2. The molecule has 1 aromatic heterocycles. The molecule has 0 radical (unpaired) electrons. The fraction of sp³-hybridized carbons (Fsp3) is 0.286. The van der Waals surface area contributed by atoms with E-state index < -0.39 is 0 Å². The number of carbonyl (C=O) groups is 2. The molecular weight excluding hydrogens is 326 g/mol. The molecule has 1 atom stereocenters. The normalized spacial score (nSPS) is 16.8. The van der Waals surface area contributed by atoms with Gasteiger partial charge in [0, 0.05) is 30.8 Å². The van der Waals surface area contributed by atoms with E-state index in [0.717, 1.165) is 25.9 Å². The molecule has 1 fully saturated rings. The lowest BCUT2D eigenvalue weighted by molar-refractivity contribution is -0.116. The number of nitrogens with one attached hydrogen (secondary N) is 1. The van der Waals surface area contributed by atoms with Gasteiger partial charge in [-0.3, -0.25) is 14.6 Å². The van der Waals surface area contributed by atoms with Gasteiger partial charge in [0.05, 0.1) is 12.2 Å². The standard InChI is InChI=1S/C21H23N3O2/c1-2-20(25)23-14-19-13-17(10-11-22-19)21(26)24-12-6-9-18(15-24)16-7-4-3-5-8-16/h2-5,7-8,10-11,13,18H,1,6,9,12,14-15H2,(H,23,25). The third-order valence-corrected chi connectivity index (χ3v) is 4.67. The number of piperidine rings is 1. The number of likely N-dealkylation sites (tertiary alicyclic amines) is 1. The SMILES string of the molecule is C=CC(=O)NCc1cc(C(=O)N2CCCC(c3ccccc3)C2)ccn1. The predicted molar refractivity (Wildman–Crippen MR) is 101 cm³/mol. The number of rotatable bonds is 5. The van der Waals surface area contributed by atoms with Crippen LogP contribution in [0.15, 0.2) is 61.3 Å². The van der Waals surface area contributed by atoms with Crippen LogP contribution in [0.3, 0.4) is 0 Å². The van der Waals surface area contributed by atoms with E-state index in [0.29, 0.717) is 17.2 Å². The molecule has 1 aromatic carbocycles. The van der Waals surface area contributed by atoms with Gasteiger partial charge in [0.2, 0.25) is 5.91 Å². The van der Waals surface area contributed by atoms with Crippen molar-refractivity contribution in [2.24, 2.45) is 0 Å². The van der Waals surface area contributed by atoms with Gasteiger partial charge in [0.25, 0.3) is 5.91 Å². The Balaban J connectivity index is 1.68. The zero-order valence-electron chi connectivity index (χ0n) is 14.7. The van der Waals surface area contributed by atoms with Gasteiger partial charge in [-0.05, 0) is 36.6 Å². The minimum atomic E-state index is -0.259. The summed E-state index contributed by atoms with van der Waals surface area (Å²) in [5.41, 5.74) is 2.55. The minimum absolute atomic E-state index is 0.0179. The van der Waals surface area contributed by atoms with Crippen molar-refractivity contribution in [3.05, 3.63) is 78.1 Å². The van der Waals surface area contributed by atoms with Crippen LogP contribution in [0, 0.1) is 0 Å². The number of benzene rings is 1. The van der Waals surface area contributed by atoms with Crippen LogP contribution in [-0.2, 0) is 11.3 Å². The largest absolute Gasteiger partial charge is 0.347 e. The van der Waals surface area contributed by atoms with Crippen molar-refractivity contribution in [3.8, 4) is 0 Å². The maximum Gasteiger partial charge on any atom is 0.253 e. The van der Waals surface area contributed by atoms with E-state index >= 15 is 0 Å². The fourth-order valence-corrected chi connectivity index (χ4v) is 3.30. The second-order valence-corrected chi connectivity index (χ2v) is 6.46. The average molecular weight is 349 g/mol. The summed E-state index contributed by atoms with van der Waals surface area (Å²) < 4.78 is 0. The van der Waals surface area contributed by atoms with Crippen LogP contribution in [0.2, 0.25) is 0 Å². The number of nitrogens with zero attached hydrogens (tertiary/aromatic N) is 2. The van der Waals surface area contributed by atoms with Crippen molar-refractivity contribution in [3.63, 3.8) is 0 Å².